The Bertz CT molecular complexity index is 782. The maximum absolute atomic E-state index is 11.9. The van der Waals surface area contributed by atoms with Crippen molar-refractivity contribution in [3.8, 4) is 0 Å². The molecule has 0 aliphatic rings. The number of carbonyl (C=O) groups excluding carboxylic acids is 1. The van der Waals surface area contributed by atoms with E-state index in [-0.39, 0.29) is 6.03 Å². The lowest BCUT2D eigenvalue weighted by atomic mass is 10.3. The SMILES string of the molecule is Cc1ncc(CNC(=O)Nc2ccn(Cc3ccccn3)n2)s1. The molecule has 118 valence electrons. The molecule has 0 fully saturated rings. The van der Waals surface area contributed by atoms with Crippen LogP contribution < -0.4 is 10.6 Å². The summed E-state index contributed by atoms with van der Waals surface area (Å²) in [6.07, 6.45) is 5.31. The summed E-state index contributed by atoms with van der Waals surface area (Å²) in [6, 6.07) is 7.19. The molecule has 0 unspecified atom stereocenters. The smallest absolute Gasteiger partial charge is 0.320 e. The van der Waals surface area contributed by atoms with Gasteiger partial charge >= 0.3 is 6.03 Å². The zero-order chi connectivity index (χ0) is 16.1. The van der Waals surface area contributed by atoms with Crippen molar-refractivity contribution in [1.29, 1.82) is 0 Å². The van der Waals surface area contributed by atoms with Gasteiger partial charge in [-0.1, -0.05) is 6.07 Å². The van der Waals surface area contributed by atoms with Gasteiger partial charge in [0.2, 0.25) is 0 Å². The predicted molar refractivity (Wildman–Crippen MR) is 88.3 cm³/mol. The van der Waals surface area contributed by atoms with Gasteiger partial charge in [-0.3, -0.25) is 15.0 Å². The summed E-state index contributed by atoms with van der Waals surface area (Å²) in [5.41, 5.74) is 0.909. The summed E-state index contributed by atoms with van der Waals surface area (Å²) in [7, 11) is 0. The highest BCUT2D eigenvalue weighted by Gasteiger charge is 2.06. The predicted octanol–water partition coefficient (Wildman–Crippen LogP) is 2.41. The number of anilines is 1. The summed E-state index contributed by atoms with van der Waals surface area (Å²) >= 11 is 1.56. The fourth-order valence-electron chi connectivity index (χ4n) is 1.99. The molecule has 0 saturated carbocycles. The first kappa shape index (κ1) is 15.2. The lowest BCUT2D eigenvalue weighted by Crippen LogP contribution is -2.28. The van der Waals surface area contributed by atoms with Crippen LogP contribution in [0.25, 0.3) is 0 Å². The molecule has 3 rings (SSSR count). The van der Waals surface area contributed by atoms with Crippen LogP contribution in [0, 0.1) is 6.92 Å². The number of carbonyl (C=O) groups is 1. The Morgan fingerprint density at radius 1 is 1.30 bits per heavy atom. The van der Waals surface area contributed by atoms with E-state index in [1.165, 1.54) is 0 Å². The second-order valence-electron chi connectivity index (χ2n) is 4.87. The van der Waals surface area contributed by atoms with E-state index in [4.69, 9.17) is 0 Å². The Morgan fingerprint density at radius 2 is 2.22 bits per heavy atom. The monoisotopic (exact) mass is 328 g/mol. The van der Waals surface area contributed by atoms with Gasteiger partial charge in [-0.2, -0.15) is 5.10 Å². The van der Waals surface area contributed by atoms with Gasteiger partial charge < -0.3 is 5.32 Å². The third kappa shape index (κ3) is 4.36. The van der Waals surface area contributed by atoms with Crippen LogP contribution in [-0.2, 0) is 13.1 Å². The Morgan fingerprint density at radius 3 is 2.96 bits per heavy atom. The summed E-state index contributed by atoms with van der Waals surface area (Å²) in [5, 5.41) is 10.8. The second-order valence-corrected chi connectivity index (χ2v) is 6.19. The number of thiazole rings is 1. The second kappa shape index (κ2) is 7.01. The Kier molecular flexibility index (Phi) is 4.62. The van der Waals surface area contributed by atoms with Crippen LogP contribution in [0.1, 0.15) is 15.6 Å². The number of urea groups is 1. The van der Waals surface area contributed by atoms with Crippen molar-refractivity contribution < 1.29 is 4.79 Å². The van der Waals surface area contributed by atoms with Crippen LogP contribution in [0.15, 0.2) is 42.9 Å². The van der Waals surface area contributed by atoms with Crippen molar-refractivity contribution in [1.82, 2.24) is 25.1 Å². The normalized spacial score (nSPS) is 10.5. The van der Waals surface area contributed by atoms with Gasteiger partial charge in [0.15, 0.2) is 5.82 Å². The van der Waals surface area contributed by atoms with E-state index in [0.717, 1.165) is 15.6 Å². The fraction of sp³-hybridized carbons (Fsp3) is 0.200. The third-order valence-electron chi connectivity index (χ3n) is 3.02. The van der Waals surface area contributed by atoms with E-state index >= 15 is 0 Å². The first-order valence-electron chi connectivity index (χ1n) is 7.08. The minimum absolute atomic E-state index is 0.292. The lowest BCUT2D eigenvalue weighted by molar-refractivity contribution is 0.251. The van der Waals surface area contributed by atoms with E-state index in [9.17, 15) is 4.79 Å². The van der Waals surface area contributed by atoms with Crippen molar-refractivity contribution in [2.24, 2.45) is 0 Å². The van der Waals surface area contributed by atoms with Gasteiger partial charge in [0.1, 0.15) is 0 Å². The molecule has 0 saturated heterocycles. The fourth-order valence-corrected chi connectivity index (χ4v) is 2.72. The van der Waals surface area contributed by atoms with Crippen LogP contribution in [0.2, 0.25) is 0 Å². The summed E-state index contributed by atoms with van der Waals surface area (Å²) < 4.78 is 1.73. The van der Waals surface area contributed by atoms with Gasteiger partial charge in [-0.25, -0.2) is 9.78 Å². The molecule has 2 N–H and O–H groups in total. The largest absolute Gasteiger partial charge is 0.333 e. The van der Waals surface area contributed by atoms with Crippen LogP contribution in [0.4, 0.5) is 10.6 Å². The number of hydrogen-bond donors (Lipinski definition) is 2. The number of aromatic nitrogens is 4. The number of aryl methyl sites for hydroxylation is 1. The van der Waals surface area contributed by atoms with Crippen molar-refractivity contribution in [2.75, 3.05) is 5.32 Å². The average molecular weight is 328 g/mol. The highest BCUT2D eigenvalue weighted by Crippen LogP contribution is 2.11. The van der Waals surface area contributed by atoms with Crippen molar-refractivity contribution in [3.63, 3.8) is 0 Å². The van der Waals surface area contributed by atoms with Crippen LogP contribution in [0.5, 0.6) is 0 Å². The Balaban J connectivity index is 1.51. The number of rotatable bonds is 5. The van der Waals surface area contributed by atoms with Gasteiger partial charge in [-0.15, -0.1) is 11.3 Å². The summed E-state index contributed by atoms with van der Waals surface area (Å²) in [5.74, 6) is 0.499. The zero-order valence-electron chi connectivity index (χ0n) is 12.6. The molecule has 3 heterocycles. The molecule has 7 nitrogen and oxygen atoms in total. The van der Waals surface area contributed by atoms with Crippen LogP contribution in [-0.4, -0.2) is 25.8 Å². The van der Waals surface area contributed by atoms with Gasteiger partial charge in [-0.05, 0) is 19.1 Å². The molecular formula is C15H16N6OS. The molecule has 2 amide bonds. The number of amides is 2. The van der Waals surface area contributed by atoms with Crippen molar-refractivity contribution in [3.05, 3.63) is 58.4 Å². The van der Waals surface area contributed by atoms with Gasteiger partial charge in [0.05, 0.1) is 23.8 Å². The van der Waals surface area contributed by atoms with Crippen LogP contribution >= 0.6 is 11.3 Å². The number of pyridine rings is 1. The number of hydrogen-bond acceptors (Lipinski definition) is 5. The maximum atomic E-state index is 11.9. The number of nitrogens with one attached hydrogen (secondary N) is 2. The van der Waals surface area contributed by atoms with E-state index in [1.807, 2.05) is 25.1 Å². The van der Waals surface area contributed by atoms with E-state index < -0.39 is 0 Å². The molecule has 23 heavy (non-hydrogen) atoms. The standard InChI is InChI=1S/C15H16N6OS/c1-11-17-8-13(23-11)9-18-15(22)19-14-5-7-21(20-14)10-12-4-2-3-6-16-12/h2-8H,9-10H2,1H3,(H2,18,19,20,22). The van der Waals surface area contributed by atoms with E-state index in [1.54, 1.807) is 40.7 Å². The average Bonchev–Trinajstić information content (AvgIpc) is 3.15. The molecule has 0 radical (unpaired) electrons. The number of nitrogens with zero attached hydrogens (tertiary/aromatic N) is 4. The molecule has 0 bridgehead atoms. The minimum Gasteiger partial charge on any atom is -0.333 e. The molecule has 0 atom stereocenters. The minimum atomic E-state index is -0.292. The van der Waals surface area contributed by atoms with Crippen LogP contribution in [0.3, 0.4) is 0 Å². The zero-order valence-corrected chi connectivity index (χ0v) is 13.4. The highest BCUT2D eigenvalue weighted by atomic mass is 32.1. The van der Waals surface area contributed by atoms with E-state index in [0.29, 0.717) is 18.9 Å². The molecule has 0 aliphatic carbocycles. The molecule has 3 aromatic heterocycles. The highest BCUT2D eigenvalue weighted by molar-refractivity contribution is 7.11. The molecule has 0 aromatic carbocycles. The topological polar surface area (TPSA) is 84.7 Å². The lowest BCUT2D eigenvalue weighted by Gasteiger charge is -2.04. The van der Waals surface area contributed by atoms with E-state index in [2.05, 4.69) is 25.7 Å². The molecule has 8 heteroatoms. The Hall–Kier alpha value is -2.74. The molecule has 0 aliphatic heterocycles. The summed E-state index contributed by atoms with van der Waals surface area (Å²) in [4.78, 5) is 21.3. The third-order valence-corrected chi connectivity index (χ3v) is 3.94. The molecule has 3 aromatic rings. The van der Waals surface area contributed by atoms with Crippen molar-refractivity contribution in [2.45, 2.75) is 20.0 Å². The molecule has 0 spiro atoms. The quantitative estimate of drug-likeness (QED) is 0.753. The molecular weight excluding hydrogens is 312 g/mol. The maximum Gasteiger partial charge on any atom is 0.320 e. The van der Waals surface area contributed by atoms with Gasteiger partial charge in [0.25, 0.3) is 0 Å². The van der Waals surface area contributed by atoms with Gasteiger partial charge in [0, 0.05) is 29.5 Å². The van der Waals surface area contributed by atoms with Crippen molar-refractivity contribution >= 4 is 23.2 Å². The first-order chi connectivity index (χ1) is 11.2. The Labute approximate surface area is 137 Å². The summed E-state index contributed by atoms with van der Waals surface area (Å²) in [6.45, 7) is 2.94. The first-order valence-corrected chi connectivity index (χ1v) is 7.90.